The van der Waals surface area contributed by atoms with Gasteiger partial charge in [0.1, 0.15) is 5.75 Å². The number of aromatic nitrogens is 4. The third-order valence-electron chi connectivity index (χ3n) is 7.33. The van der Waals surface area contributed by atoms with E-state index in [1.54, 1.807) is 18.5 Å². The highest BCUT2D eigenvalue weighted by molar-refractivity contribution is 6.30. The van der Waals surface area contributed by atoms with Gasteiger partial charge in [0.15, 0.2) is 0 Å². The summed E-state index contributed by atoms with van der Waals surface area (Å²) in [6.45, 7) is 2.75. The number of hydrogen-bond acceptors (Lipinski definition) is 7. The van der Waals surface area contributed by atoms with E-state index in [4.69, 9.17) is 21.1 Å². The molecule has 1 amide bonds. The van der Waals surface area contributed by atoms with Gasteiger partial charge in [-0.3, -0.25) is 9.78 Å². The summed E-state index contributed by atoms with van der Waals surface area (Å²) in [6, 6.07) is 13.3. The molecule has 0 saturated carbocycles. The van der Waals surface area contributed by atoms with Crippen LogP contribution in [0.3, 0.4) is 0 Å². The molecule has 2 aliphatic heterocycles. The van der Waals surface area contributed by atoms with E-state index in [1.165, 1.54) is 0 Å². The van der Waals surface area contributed by atoms with Crippen molar-refractivity contribution >= 4 is 34.0 Å². The summed E-state index contributed by atoms with van der Waals surface area (Å²) in [6.07, 6.45) is 8.21. The minimum absolute atomic E-state index is 0.142. The molecule has 1 saturated heterocycles. The zero-order valence-electron chi connectivity index (χ0n) is 20.9. The molecular formula is C28H29ClN6O3. The quantitative estimate of drug-likeness (QED) is 0.352. The molecule has 4 aromatic rings. The number of ether oxygens (including phenoxy) is 2. The van der Waals surface area contributed by atoms with Crippen molar-refractivity contribution < 1.29 is 14.3 Å². The Hall–Kier alpha value is -3.53. The first kappa shape index (κ1) is 24.8. The summed E-state index contributed by atoms with van der Waals surface area (Å²) in [7, 11) is 0. The van der Waals surface area contributed by atoms with E-state index in [0.29, 0.717) is 49.1 Å². The van der Waals surface area contributed by atoms with E-state index in [-0.39, 0.29) is 12.0 Å². The maximum Gasteiger partial charge on any atom is 0.236 e. The van der Waals surface area contributed by atoms with Crippen LogP contribution in [0.2, 0.25) is 5.02 Å². The molecule has 0 aliphatic carbocycles. The second-order valence-electron chi connectivity index (χ2n) is 9.85. The fourth-order valence-electron chi connectivity index (χ4n) is 5.34. The van der Waals surface area contributed by atoms with Crippen molar-refractivity contribution in [3.63, 3.8) is 0 Å². The lowest BCUT2D eigenvalue weighted by molar-refractivity contribution is -0.122. The van der Waals surface area contributed by atoms with Crippen LogP contribution in [0.4, 0.5) is 5.69 Å². The summed E-state index contributed by atoms with van der Waals surface area (Å²) in [5.41, 5.74) is 1.31. The largest absolute Gasteiger partial charge is 0.493 e. The molecule has 196 valence electrons. The van der Waals surface area contributed by atoms with Gasteiger partial charge in [-0.2, -0.15) is 0 Å². The molecule has 10 heteroatoms. The van der Waals surface area contributed by atoms with Crippen LogP contribution in [-0.4, -0.2) is 51.7 Å². The molecule has 2 unspecified atom stereocenters. The van der Waals surface area contributed by atoms with E-state index in [2.05, 4.69) is 25.9 Å². The van der Waals surface area contributed by atoms with E-state index in [1.807, 2.05) is 47.3 Å². The molecule has 2 aliphatic rings. The van der Waals surface area contributed by atoms with Gasteiger partial charge in [-0.25, -0.2) is 4.68 Å². The van der Waals surface area contributed by atoms with Crippen molar-refractivity contribution in [2.45, 2.75) is 43.9 Å². The topological polar surface area (TPSA) is 103 Å². The smallest absolute Gasteiger partial charge is 0.236 e. The van der Waals surface area contributed by atoms with Gasteiger partial charge in [0.2, 0.25) is 5.91 Å². The molecule has 2 aromatic carbocycles. The first-order valence-corrected chi connectivity index (χ1v) is 13.3. The average Bonchev–Trinajstić information content (AvgIpc) is 3.61. The molecule has 6 rings (SSSR count). The second-order valence-corrected chi connectivity index (χ2v) is 10.3. The Bertz CT molecular complexity index is 1450. The molecule has 2 atom stereocenters. The van der Waals surface area contributed by atoms with Crippen molar-refractivity contribution in [2.24, 2.45) is 0 Å². The number of nitrogens with one attached hydrogen (secondary N) is 2. The number of fused-ring (bicyclic) bond motifs is 2. The van der Waals surface area contributed by atoms with Gasteiger partial charge in [-0.1, -0.05) is 41.1 Å². The maximum absolute atomic E-state index is 14.1. The maximum atomic E-state index is 14.1. The van der Waals surface area contributed by atoms with Crippen LogP contribution in [0.5, 0.6) is 5.75 Å². The van der Waals surface area contributed by atoms with Crippen LogP contribution in [0.1, 0.15) is 30.5 Å². The standard InChI is InChI=1S/C28H29ClN6O3/c29-20-7-8-26-24(12-20)28(9-11-38-26,27(36)32-25-15-30-13-19-4-1-2-6-23(19)25)18-31-14-21-16-35(34-33-21)17-22-5-3-10-37-22/h1-2,4,6-8,12-13,15-16,22,31H,3,5,9-11,14,17-18H2,(H,32,36). The molecule has 2 N–H and O–H groups in total. The highest BCUT2D eigenvalue weighted by atomic mass is 35.5. The SMILES string of the molecule is O=C(Nc1cncc2ccccc12)C1(CNCc2cn(CC3CCCO3)nn2)CCOc2ccc(Cl)cc21. The lowest BCUT2D eigenvalue weighted by Gasteiger charge is -2.38. The number of hydrogen-bond donors (Lipinski definition) is 2. The van der Waals surface area contributed by atoms with E-state index in [9.17, 15) is 4.79 Å². The predicted molar refractivity (Wildman–Crippen MR) is 144 cm³/mol. The van der Waals surface area contributed by atoms with Crippen molar-refractivity contribution in [2.75, 3.05) is 25.1 Å². The van der Waals surface area contributed by atoms with Crippen LogP contribution in [0, 0.1) is 0 Å². The number of anilines is 1. The minimum Gasteiger partial charge on any atom is -0.493 e. The monoisotopic (exact) mass is 532 g/mol. The first-order valence-electron chi connectivity index (χ1n) is 12.9. The zero-order valence-corrected chi connectivity index (χ0v) is 21.7. The van der Waals surface area contributed by atoms with E-state index in [0.717, 1.165) is 41.5 Å². The van der Waals surface area contributed by atoms with Crippen LogP contribution < -0.4 is 15.4 Å². The zero-order chi connectivity index (χ0) is 26.0. The number of nitrogens with zero attached hydrogens (tertiary/aromatic N) is 4. The Morgan fingerprint density at radius 2 is 2.11 bits per heavy atom. The number of pyridine rings is 1. The Kier molecular flexibility index (Phi) is 6.97. The molecular weight excluding hydrogens is 504 g/mol. The number of carbonyl (C=O) groups excluding carboxylic acids is 1. The predicted octanol–water partition coefficient (Wildman–Crippen LogP) is 4.11. The molecule has 0 spiro atoms. The number of amides is 1. The molecule has 2 aromatic heterocycles. The third kappa shape index (κ3) is 4.97. The van der Waals surface area contributed by atoms with Crippen molar-refractivity contribution in [1.82, 2.24) is 25.3 Å². The van der Waals surface area contributed by atoms with Gasteiger partial charge < -0.3 is 20.1 Å². The van der Waals surface area contributed by atoms with E-state index >= 15 is 0 Å². The number of benzene rings is 2. The molecule has 1 fully saturated rings. The van der Waals surface area contributed by atoms with Gasteiger partial charge >= 0.3 is 0 Å². The van der Waals surface area contributed by atoms with Gasteiger partial charge in [-0.15, -0.1) is 5.10 Å². The van der Waals surface area contributed by atoms with Gasteiger partial charge in [0, 0.05) is 59.9 Å². The lowest BCUT2D eigenvalue weighted by atomic mass is 9.74. The molecule has 0 bridgehead atoms. The van der Waals surface area contributed by atoms with Gasteiger partial charge in [0.05, 0.1) is 42.2 Å². The summed E-state index contributed by atoms with van der Waals surface area (Å²) in [4.78, 5) is 18.5. The van der Waals surface area contributed by atoms with Gasteiger partial charge in [0.25, 0.3) is 0 Å². The summed E-state index contributed by atoms with van der Waals surface area (Å²) in [5.74, 6) is 0.521. The number of rotatable bonds is 8. The molecule has 38 heavy (non-hydrogen) atoms. The number of carbonyl (C=O) groups is 1. The summed E-state index contributed by atoms with van der Waals surface area (Å²) < 4.78 is 13.5. The fraction of sp³-hybridized carbons (Fsp3) is 0.357. The second kappa shape index (κ2) is 10.7. The Labute approximate surface area is 225 Å². The third-order valence-corrected chi connectivity index (χ3v) is 7.56. The fourth-order valence-corrected chi connectivity index (χ4v) is 5.51. The average molecular weight is 533 g/mol. The Balaban J connectivity index is 1.25. The van der Waals surface area contributed by atoms with Crippen molar-refractivity contribution in [3.05, 3.63) is 77.3 Å². The Morgan fingerprint density at radius 1 is 1.18 bits per heavy atom. The minimum atomic E-state index is -0.914. The summed E-state index contributed by atoms with van der Waals surface area (Å²) in [5, 5.41) is 17.6. The first-order chi connectivity index (χ1) is 18.6. The molecule has 0 radical (unpaired) electrons. The van der Waals surface area contributed by atoms with Gasteiger partial charge in [-0.05, 0) is 31.0 Å². The Morgan fingerprint density at radius 3 is 3.00 bits per heavy atom. The summed E-state index contributed by atoms with van der Waals surface area (Å²) >= 11 is 6.40. The highest BCUT2D eigenvalue weighted by Crippen LogP contribution is 2.41. The number of halogens is 1. The van der Waals surface area contributed by atoms with Crippen molar-refractivity contribution in [3.8, 4) is 5.75 Å². The van der Waals surface area contributed by atoms with Crippen molar-refractivity contribution in [1.29, 1.82) is 0 Å². The van der Waals surface area contributed by atoms with Crippen LogP contribution in [-0.2, 0) is 28.0 Å². The van der Waals surface area contributed by atoms with Crippen LogP contribution >= 0.6 is 11.6 Å². The lowest BCUT2D eigenvalue weighted by Crippen LogP contribution is -2.50. The normalized spacial score (nSPS) is 20.7. The van der Waals surface area contributed by atoms with Crippen LogP contribution in [0.25, 0.3) is 10.8 Å². The highest BCUT2D eigenvalue weighted by Gasteiger charge is 2.44. The molecule has 9 nitrogen and oxygen atoms in total. The van der Waals surface area contributed by atoms with E-state index < -0.39 is 5.41 Å². The molecule has 4 heterocycles. The van der Waals surface area contributed by atoms with Crippen LogP contribution in [0.15, 0.2) is 61.1 Å².